The normalized spacial score (nSPS) is 10.4. The molecule has 0 spiro atoms. The van der Waals surface area contributed by atoms with E-state index in [0.29, 0.717) is 11.4 Å². The average molecular weight is 263 g/mol. The molecule has 0 saturated heterocycles. The van der Waals surface area contributed by atoms with Crippen molar-refractivity contribution in [3.63, 3.8) is 0 Å². The van der Waals surface area contributed by atoms with Crippen LogP contribution in [0.5, 0.6) is 0 Å². The fourth-order valence-corrected chi connectivity index (χ4v) is 1.53. The third-order valence-electron chi connectivity index (χ3n) is 2.58. The molecule has 0 aliphatic heterocycles. The first-order chi connectivity index (χ1) is 8.95. The number of amides is 1. The number of hydrogen-bond acceptors (Lipinski definition) is 4. The van der Waals surface area contributed by atoms with Gasteiger partial charge in [-0.15, -0.1) is 0 Å². The first-order valence-electron chi connectivity index (χ1n) is 5.58. The van der Waals surface area contributed by atoms with E-state index in [1.54, 1.807) is 13.0 Å². The van der Waals surface area contributed by atoms with Crippen LogP contribution in [0.15, 0.2) is 22.9 Å². The second kappa shape index (κ2) is 4.97. The third kappa shape index (κ3) is 3.01. The number of nitrogens with one attached hydrogen (secondary N) is 1. The Morgan fingerprint density at radius 1 is 1.47 bits per heavy atom. The Hall–Kier alpha value is -2.57. The van der Waals surface area contributed by atoms with Crippen LogP contribution in [0.2, 0.25) is 0 Å². The lowest BCUT2D eigenvalue weighted by Crippen LogP contribution is -2.11. The van der Waals surface area contributed by atoms with Crippen molar-refractivity contribution in [1.82, 2.24) is 9.78 Å². The van der Waals surface area contributed by atoms with Crippen molar-refractivity contribution in [3.05, 3.63) is 35.5 Å². The number of rotatable bonds is 4. The minimum atomic E-state index is -1.00. The molecule has 2 N–H and O–H groups in total. The van der Waals surface area contributed by atoms with Crippen LogP contribution >= 0.6 is 0 Å². The van der Waals surface area contributed by atoms with Crippen LogP contribution in [0, 0.1) is 13.8 Å². The second-order valence-corrected chi connectivity index (χ2v) is 4.12. The number of carboxylic acids is 1. The average Bonchev–Trinajstić information content (AvgIpc) is 2.86. The van der Waals surface area contributed by atoms with Crippen LogP contribution in [0.4, 0.5) is 5.69 Å². The summed E-state index contributed by atoms with van der Waals surface area (Å²) in [6, 6.07) is 1.65. The highest BCUT2D eigenvalue weighted by Gasteiger charge is 2.13. The quantitative estimate of drug-likeness (QED) is 0.869. The molecular weight excluding hydrogens is 250 g/mol. The standard InChI is InChI=1S/C12H13N3O4/c1-7-3-10(19-8(7)2)12(18)14-9-4-13-15(5-9)6-11(16)17/h3-5H,6H2,1-2H3,(H,14,18)(H,16,17). The highest BCUT2D eigenvalue weighted by molar-refractivity contribution is 6.02. The number of carbonyl (C=O) groups is 2. The smallest absolute Gasteiger partial charge is 0.325 e. The van der Waals surface area contributed by atoms with Crippen LogP contribution in [-0.2, 0) is 11.3 Å². The summed E-state index contributed by atoms with van der Waals surface area (Å²) in [6.07, 6.45) is 2.82. The van der Waals surface area contributed by atoms with Gasteiger partial charge in [0.1, 0.15) is 12.3 Å². The van der Waals surface area contributed by atoms with Crippen molar-refractivity contribution < 1.29 is 19.1 Å². The van der Waals surface area contributed by atoms with E-state index in [2.05, 4.69) is 10.4 Å². The lowest BCUT2D eigenvalue weighted by Gasteiger charge is -1.98. The van der Waals surface area contributed by atoms with E-state index >= 15 is 0 Å². The summed E-state index contributed by atoms with van der Waals surface area (Å²) >= 11 is 0. The number of aryl methyl sites for hydroxylation is 2. The maximum atomic E-state index is 11.9. The van der Waals surface area contributed by atoms with E-state index < -0.39 is 11.9 Å². The number of nitrogens with zero attached hydrogens (tertiary/aromatic N) is 2. The van der Waals surface area contributed by atoms with Crippen molar-refractivity contribution in [3.8, 4) is 0 Å². The molecule has 0 saturated carbocycles. The molecule has 7 nitrogen and oxygen atoms in total. The molecule has 0 aromatic carbocycles. The van der Waals surface area contributed by atoms with E-state index in [1.807, 2.05) is 6.92 Å². The van der Waals surface area contributed by atoms with Gasteiger partial charge < -0.3 is 14.8 Å². The topological polar surface area (TPSA) is 97.4 Å². The lowest BCUT2D eigenvalue weighted by molar-refractivity contribution is -0.137. The zero-order valence-corrected chi connectivity index (χ0v) is 10.5. The minimum absolute atomic E-state index is 0.209. The van der Waals surface area contributed by atoms with Crippen molar-refractivity contribution in [2.24, 2.45) is 0 Å². The highest BCUT2D eigenvalue weighted by atomic mass is 16.4. The van der Waals surface area contributed by atoms with E-state index in [0.717, 1.165) is 5.56 Å². The van der Waals surface area contributed by atoms with Gasteiger partial charge in [-0.1, -0.05) is 0 Å². The summed E-state index contributed by atoms with van der Waals surface area (Å²) in [7, 11) is 0. The summed E-state index contributed by atoms with van der Waals surface area (Å²) < 4.78 is 6.51. The molecule has 0 bridgehead atoms. The molecule has 2 aromatic heterocycles. The number of anilines is 1. The number of hydrogen-bond donors (Lipinski definition) is 2. The number of aliphatic carboxylic acids is 1. The fraction of sp³-hybridized carbons (Fsp3) is 0.250. The summed E-state index contributed by atoms with van der Waals surface area (Å²) in [5.74, 6) is -0.503. The van der Waals surface area contributed by atoms with Crippen LogP contribution in [0.25, 0.3) is 0 Å². The lowest BCUT2D eigenvalue weighted by atomic mass is 10.3. The summed E-state index contributed by atoms with van der Waals surface area (Å²) in [6.45, 7) is 3.37. The maximum Gasteiger partial charge on any atom is 0.325 e. The summed E-state index contributed by atoms with van der Waals surface area (Å²) in [5.41, 5.74) is 1.31. The molecule has 100 valence electrons. The molecule has 2 aromatic rings. The van der Waals surface area contributed by atoms with E-state index in [-0.39, 0.29) is 12.3 Å². The molecule has 2 rings (SSSR count). The third-order valence-corrected chi connectivity index (χ3v) is 2.58. The summed E-state index contributed by atoms with van der Waals surface area (Å²) in [5, 5.41) is 15.0. The van der Waals surface area contributed by atoms with Gasteiger partial charge in [0.15, 0.2) is 5.76 Å². The van der Waals surface area contributed by atoms with Gasteiger partial charge in [-0.3, -0.25) is 14.3 Å². The van der Waals surface area contributed by atoms with Crippen LogP contribution in [-0.4, -0.2) is 26.8 Å². The Kier molecular flexibility index (Phi) is 3.37. The molecule has 1 amide bonds. The number of furan rings is 1. The SMILES string of the molecule is Cc1cc(C(=O)Nc2cnn(CC(=O)O)c2)oc1C. The molecule has 0 fully saturated rings. The fourth-order valence-electron chi connectivity index (χ4n) is 1.53. The van der Waals surface area contributed by atoms with Gasteiger partial charge in [-0.05, 0) is 25.5 Å². The van der Waals surface area contributed by atoms with Gasteiger partial charge in [-0.25, -0.2) is 0 Å². The number of carbonyl (C=O) groups excluding carboxylic acids is 1. The minimum Gasteiger partial charge on any atom is -0.480 e. The molecule has 0 aliphatic rings. The zero-order chi connectivity index (χ0) is 14.0. The Labute approximate surface area is 108 Å². The van der Waals surface area contributed by atoms with Crippen molar-refractivity contribution in [2.75, 3.05) is 5.32 Å². The first-order valence-corrected chi connectivity index (χ1v) is 5.58. The highest BCUT2D eigenvalue weighted by Crippen LogP contribution is 2.15. The van der Waals surface area contributed by atoms with E-state index in [1.165, 1.54) is 17.1 Å². The monoisotopic (exact) mass is 263 g/mol. The number of aromatic nitrogens is 2. The van der Waals surface area contributed by atoms with Gasteiger partial charge >= 0.3 is 5.97 Å². The van der Waals surface area contributed by atoms with Crippen molar-refractivity contribution in [1.29, 1.82) is 0 Å². The van der Waals surface area contributed by atoms with Crippen LogP contribution in [0.3, 0.4) is 0 Å². The molecular formula is C12H13N3O4. The molecule has 0 atom stereocenters. The van der Waals surface area contributed by atoms with Gasteiger partial charge in [0.2, 0.25) is 0 Å². The molecule has 0 unspecified atom stereocenters. The van der Waals surface area contributed by atoms with Gasteiger partial charge in [-0.2, -0.15) is 5.10 Å². The number of carboxylic acid groups (broad SMARTS) is 1. The van der Waals surface area contributed by atoms with Crippen LogP contribution in [0.1, 0.15) is 21.9 Å². The summed E-state index contributed by atoms with van der Waals surface area (Å²) in [4.78, 5) is 22.4. The zero-order valence-electron chi connectivity index (χ0n) is 10.5. The second-order valence-electron chi connectivity index (χ2n) is 4.12. The molecule has 2 heterocycles. The molecule has 7 heteroatoms. The molecule has 0 aliphatic carbocycles. The maximum absolute atomic E-state index is 11.9. The Bertz CT molecular complexity index is 607. The largest absolute Gasteiger partial charge is 0.480 e. The van der Waals surface area contributed by atoms with Crippen molar-refractivity contribution in [2.45, 2.75) is 20.4 Å². The van der Waals surface area contributed by atoms with Gasteiger partial charge in [0.05, 0.1) is 11.9 Å². The Morgan fingerprint density at radius 3 is 2.79 bits per heavy atom. The van der Waals surface area contributed by atoms with Crippen LogP contribution < -0.4 is 5.32 Å². The first kappa shape index (κ1) is 12.9. The van der Waals surface area contributed by atoms with Gasteiger partial charge in [0.25, 0.3) is 5.91 Å². The van der Waals surface area contributed by atoms with Gasteiger partial charge in [0, 0.05) is 6.20 Å². The molecule has 0 radical (unpaired) electrons. The van der Waals surface area contributed by atoms with Crippen molar-refractivity contribution >= 4 is 17.6 Å². The van der Waals surface area contributed by atoms with E-state index in [9.17, 15) is 9.59 Å². The Morgan fingerprint density at radius 2 is 2.21 bits per heavy atom. The Balaban J connectivity index is 2.06. The van der Waals surface area contributed by atoms with E-state index in [4.69, 9.17) is 9.52 Å². The molecule has 19 heavy (non-hydrogen) atoms. The predicted molar refractivity (Wildman–Crippen MR) is 66.0 cm³/mol. The predicted octanol–water partition coefficient (Wildman–Crippen LogP) is 1.43.